The molecule has 1 aliphatic carbocycles. The molecule has 2 rings (SSSR count). The molecule has 2 nitrogen and oxygen atoms in total. The van der Waals surface area contributed by atoms with Gasteiger partial charge in [0.05, 0.1) is 0 Å². The third-order valence-corrected chi connectivity index (χ3v) is 5.42. The van der Waals surface area contributed by atoms with Crippen molar-refractivity contribution in [2.45, 2.75) is 78.3 Å². The Morgan fingerprint density at radius 1 is 1.00 bits per heavy atom. The number of nitrogens with one attached hydrogen (secondary N) is 1. The monoisotopic (exact) mass is 280 g/mol. The highest BCUT2D eigenvalue weighted by atomic mass is 15.2. The van der Waals surface area contributed by atoms with Crippen LogP contribution in [-0.4, -0.2) is 36.6 Å². The summed E-state index contributed by atoms with van der Waals surface area (Å²) in [6, 6.07) is 1.62. The van der Waals surface area contributed by atoms with E-state index in [1.807, 2.05) is 0 Å². The standard InChI is InChI=1S/C18H36N2/c1-14(2)12-20(13-17-6-5-11-19-17)18-9-7-16(8-10-18)15(3)4/h14-19H,5-13H2,1-4H3. The van der Waals surface area contributed by atoms with Crippen LogP contribution in [0.25, 0.3) is 0 Å². The lowest BCUT2D eigenvalue weighted by atomic mass is 9.79. The van der Waals surface area contributed by atoms with Crippen molar-refractivity contribution in [2.24, 2.45) is 17.8 Å². The summed E-state index contributed by atoms with van der Waals surface area (Å²) in [5.74, 6) is 2.65. The highest BCUT2D eigenvalue weighted by Crippen LogP contribution is 2.32. The molecule has 0 amide bonds. The van der Waals surface area contributed by atoms with Crippen molar-refractivity contribution in [3.05, 3.63) is 0 Å². The quantitative estimate of drug-likeness (QED) is 0.793. The van der Waals surface area contributed by atoms with E-state index in [1.54, 1.807) is 0 Å². The first-order valence-corrected chi connectivity index (χ1v) is 9.03. The van der Waals surface area contributed by atoms with E-state index >= 15 is 0 Å². The molecule has 118 valence electrons. The van der Waals surface area contributed by atoms with Crippen LogP contribution < -0.4 is 5.32 Å². The summed E-state index contributed by atoms with van der Waals surface area (Å²) in [5.41, 5.74) is 0. The predicted octanol–water partition coefficient (Wildman–Crippen LogP) is 3.91. The van der Waals surface area contributed by atoms with E-state index in [4.69, 9.17) is 0 Å². The van der Waals surface area contributed by atoms with E-state index in [2.05, 4.69) is 37.9 Å². The Morgan fingerprint density at radius 2 is 1.70 bits per heavy atom. The Hall–Kier alpha value is -0.0800. The highest BCUT2D eigenvalue weighted by molar-refractivity contribution is 4.85. The van der Waals surface area contributed by atoms with Crippen LogP contribution in [0.4, 0.5) is 0 Å². The largest absolute Gasteiger partial charge is 0.313 e. The van der Waals surface area contributed by atoms with Gasteiger partial charge in [-0.15, -0.1) is 0 Å². The molecule has 0 aromatic rings. The number of nitrogens with zero attached hydrogens (tertiary/aromatic N) is 1. The minimum atomic E-state index is 0.761. The molecule has 0 spiro atoms. The zero-order valence-electron chi connectivity index (χ0n) is 14.2. The van der Waals surface area contributed by atoms with Gasteiger partial charge in [0.25, 0.3) is 0 Å². The molecule has 1 N–H and O–H groups in total. The second-order valence-corrected chi connectivity index (χ2v) is 7.95. The summed E-state index contributed by atoms with van der Waals surface area (Å²) in [5, 5.41) is 3.68. The Labute approximate surface area is 126 Å². The molecule has 0 radical (unpaired) electrons. The van der Waals surface area contributed by atoms with Gasteiger partial charge in [0.2, 0.25) is 0 Å². The summed E-state index contributed by atoms with van der Waals surface area (Å²) < 4.78 is 0. The third-order valence-electron chi connectivity index (χ3n) is 5.42. The molecule has 20 heavy (non-hydrogen) atoms. The summed E-state index contributed by atoms with van der Waals surface area (Å²) in [7, 11) is 0. The van der Waals surface area contributed by atoms with Crippen molar-refractivity contribution in [1.82, 2.24) is 10.2 Å². The van der Waals surface area contributed by atoms with Crippen LogP contribution in [0.2, 0.25) is 0 Å². The van der Waals surface area contributed by atoms with Crippen LogP contribution in [-0.2, 0) is 0 Å². The fourth-order valence-corrected chi connectivity index (χ4v) is 4.17. The molecule has 2 heteroatoms. The molecule has 1 unspecified atom stereocenters. The van der Waals surface area contributed by atoms with E-state index in [0.717, 1.165) is 29.8 Å². The Balaban J connectivity index is 1.86. The molecule has 1 saturated heterocycles. The lowest BCUT2D eigenvalue weighted by molar-refractivity contribution is 0.103. The molecular formula is C18H36N2. The molecule has 2 fully saturated rings. The van der Waals surface area contributed by atoms with Crippen LogP contribution in [0.5, 0.6) is 0 Å². The zero-order chi connectivity index (χ0) is 14.5. The van der Waals surface area contributed by atoms with E-state index in [0.29, 0.717) is 0 Å². The van der Waals surface area contributed by atoms with Gasteiger partial charge >= 0.3 is 0 Å². The molecular weight excluding hydrogens is 244 g/mol. The van der Waals surface area contributed by atoms with E-state index in [1.165, 1.54) is 58.2 Å². The van der Waals surface area contributed by atoms with Crippen molar-refractivity contribution < 1.29 is 0 Å². The Morgan fingerprint density at radius 3 is 2.20 bits per heavy atom. The van der Waals surface area contributed by atoms with Gasteiger partial charge in [-0.3, -0.25) is 4.90 Å². The van der Waals surface area contributed by atoms with Gasteiger partial charge in [-0.2, -0.15) is 0 Å². The van der Waals surface area contributed by atoms with E-state index in [-0.39, 0.29) is 0 Å². The van der Waals surface area contributed by atoms with Gasteiger partial charge in [0, 0.05) is 25.2 Å². The number of rotatable bonds is 6. The van der Waals surface area contributed by atoms with Crippen molar-refractivity contribution in [3.63, 3.8) is 0 Å². The predicted molar refractivity (Wildman–Crippen MR) is 88.0 cm³/mol. The summed E-state index contributed by atoms with van der Waals surface area (Å²) >= 11 is 0. The SMILES string of the molecule is CC(C)CN(CC1CCCN1)C1CCC(C(C)C)CC1. The first kappa shape index (κ1) is 16.3. The topological polar surface area (TPSA) is 15.3 Å². The molecule has 1 saturated carbocycles. The second-order valence-electron chi connectivity index (χ2n) is 7.95. The normalized spacial score (nSPS) is 31.6. The van der Waals surface area contributed by atoms with Gasteiger partial charge in [0.15, 0.2) is 0 Å². The number of hydrogen-bond donors (Lipinski definition) is 1. The van der Waals surface area contributed by atoms with Crippen molar-refractivity contribution in [1.29, 1.82) is 0 Å². The van der Waals surface area contributed by atoms with E-state index in [9.17, 15) is 0 Å². The maximum absolute atomic E-state index is 3.68. The number of hydrogen-bond acceptors (Lipinski definition) is 2. The fourth-order valence-electron chi connectivity index (χ4n) is 4.17. The van der Waals surface area contributed by atoms with Crippen molar-refractivity contribution in [3.8, 4) is 0 Å². The lowest BCUT2D eigenvalue weighted by Crippen LogP contribution is -2.46. The first-order chi connectivity index (χ1) is 9.56. The van der Waals surface area contributed by atoms with Gasteiger partial charge in [-0.25, -0.2) is 0 Å². The summed E-state index contributed by atoms with van der Waals surface area (Å²) in [6.45, 7) is 13.4. The van der Waals surface area contributed by atoms with Gasteiger partial charge in [-0.1, -0.05) is 27.7 Å². The molecule has 0 aromatic carbocycles. The van der Waals surface area contributed by atoms with Crippen LogP contribution in [0, 0.1) is 17.8 Å². The average molecular weight is 281 g/mol. The molecule has 0 bridgehead atoms. The molecule has 2 aliphatic rings. The summed E-state index contributed by atoms with van der Waals surface area (Å²) in [4.78, 5) is 2.82. The van der Waals surface area contributed by atoms with E-state index < -0.39 is 0 Å². The van der Waals surface area contributed by atoms with Crippen molar-refractivity contribution in [2.75, 3.05) is 19.6 Å². The van der Waals surface area contributed by atoms with Crippen molar-refractivity contribution >= 4 is 0 Å². The minimum Gasteiger partial charge on any atom is -0.313 e. The fraction of sp³-hybridized carbons (Fsp3) is 1.00. The van der Waals surface area contributed by atoms with Gasteiger partial charge in [0.1, 0.15) is 0 Å². The zero-order valence-corrected chi connectivity index (χ0v) is 14.2. The van der Waals surface area contributed by atoms with Gasteiger partial charge in [-0.05, 0) is 62.8 Å². The smallest absolute Gasteiger partial charge is 0.0195 e. The second kappa shape index (κ2) is 7.79. The lowest BCUT2D eigenvalue weighted by Gasteiger charge is -2.40. The minimum absolute atomic E-state index is 0.761. The maximum Gasteiger partial charge on any atom is 0.0195 e. The molecule has 1 aliphatic heterocycles. The maximum atomic E-state index is 3.68. The van der Waals surface area contributed by atoms with Crippen LogP contribution in [0.15, 0.2) is 0 Å². The Kier molecular flexibility index (Phi) is 6.35. The summed E-state index contributed by atoms with van der Waals surface area (Å²) in [6.07, 6.45) is 8.53. The molecule has 0 aromatic heterocycles. The Bertz CT molecular complexity index is 261. The van der Waals surface area contributed by atoms with Crippen LogP contribution in [0.3, 0.4) is 0 Å². The molecule has 1 heterocycles. The van der Waals surface area contributed by atoms with Gasteiger partial charge < -0.3 is 5.32 Å². The first-order valence-electron chi connectivity index (χ1n) is 9.03. The van der Waals surface area contributed by atoms with Crippen LogP contribution in [0.1, 0.15) is 66.2 Å². The highest BCUT2D eigenvalue weighted by Gasteiger charge is 2.29. The average Bonchev–Trinajstić information content (AvgIpc) is 2.90. The molecule has 1 atom stereocenters. The third kappa shape index (κ3) is 4.73. The van der Waals surface area contributed by atoms with Crippen LogP contribution >= 0.6 is 0 Å².